The average Bonchev–Trinajstić information content (AvgIpc) is 3.25. The first kappa shape index (κ1) is 16.0. The molecule has 0 aliphatic carbocycles. The summed E-state index contributed by atoms with van der Waals surface area (Å²) in [7, 11) is 0. The van der Waals surface area contributed by atoms with Gasteiger partial charge in [0.1, 0.15) is 5.01 Å². The van der Waals surface area contributed by atoms with Crippen LogP contribution in [0.1, 0.15) is 43.2 Å². The quantitative estimate of drug-likeness (QED) is 0.850. The minimum Gasteiger partial charge on any atom is -0.347 e. The summed E-state index contributed by atoms with van der Waals surface area (Å²) < 4.78 is 0. The minimum atomic E-state index is 0.774. The normalized spacial score (nSPS) is 23.0. The highest BCUT2D eigenvalue weighted by Gasteiger charge is 2.31. The maximum atomic E-state index is 4.45. The van der Waals surface area contributed by atoms with Crippen molar-refractivity contribution in [1.29, 1.82) is 0 Å². The molecule has 2 aromatic rings. The lowest BCUT2D eigenvalue weighted by Crippen LogP contribution is -2.46. The monoisotopic (exact) mass is 342 g/mol. The number of benzene rings is 1. The maximum Gasteiger partial charge on any atom is 0.208 e. The summed E-state index contributed by atoms with van der Waals surface area (Å²) in [5.41, 5.74) is 1.31. The molecule has 5 heteroatoms. The summed E-state index contributed by atoms with van der Waals surface area (Å²) in [6.07, 6.45) is 6.16. The van der Waals surface area contributed by atoms with Crippen molar-refractivity contribution in [3.8, 4) is 0 Å². The molecule has 2 aliphatic rings. The first-order valence-electron chi connectivity index (χ1n) is 9.16. The molecule has 1 unspecified atom stereocenters. The van der Waals surface area contributed by atoms with Crippen molar-refractivity contribution in [1.82, 2.24) is 15.1 Å². The Bertz CT molecular complexity index is 648. The number of rotatable bonds is 4. The highest BCUT2D eigenvalue weighted by atomic mass is 32.1. The van der Waals surface area contributed by atoms with Crippen molar-refractivity contribution in [3.05, 3.63) is 40.9 Å². The SMILES string of the molecule is CC1CCCN1C1CCN(c2nnc(Cc3ccccc3)s2)CC1. The van der Waals surface area contributed by atoms with Crippen LogP contribution in [0.5, 0.6) is 0 Å². The summed E-state index contributed by atoms with van der Waals surface area (Å²) in [5.74, 6) is 0. The Morgan fingerprint density at radius 1 is 1.04 bits per heavy atom. The van der Waals surface area contributed by atoms with Crippen LogP contribution in [0, 0.1) is 0 Å². The zero-order chi connectivity index (χ0) is 16.4. The summed E-state index contributed by atoms with van der Waals surface area (Å²) in [4.78, 5) is 5.17. The van der Waals surface area contributed by atoms with E-state index in [1.165, 1.54) is 37.8 Å². The van der Waals surface area contributed by atoms with Gasteiger partial charge in [-0.1, -0.05) is 41.7 Å². The molecule has 0 amide bonds. The third kappa shape index (κ3) is 3.47. The highest BCUT2D eigenvalue weighted by Crippen LogP contribution is 2.29. The number of hydrogen-bond acceptors (Lipinski definition) is 5. The Hall–Kier alpha value is -1.46. The molecule has 1 atom stereocenters. The molecule has 2 aliphatic heterocycles. The molecular formula is C19H26N4S. The van der Waals surface area contributed by atoms with Crippen LogP contribution in [-0.4, -0.2) is 46.8 Å². The number of anilines is 1. The van der Waals surface area contributed by atoms with Crippen LogP contribution in [0.4, 0.5) is 5.13 Å². The molecule has 0 saturated carbocycles. The Balaban J connectivity index is 1.34. The molecule has 0 bridgehead atoms. The largest absolute Gasteiger partial charge is 0.347 e. The molecule has 2 fully saturated rings. The van der Waals surface area contributed by atoms with Crippen molar-refractivity contribution in [2.24, 2.45) is 0 Å². The van der Waals surface area contributed by atoms with Gasteiger partial charge in [-0.25, -0.2) is 0 Å². The zero-order valence-electron chi connectivity index (χ0n) is 14.4. The van der Waals surface area contributed by atoms with Gasteiger partial charge in [0.15, 0.2) is 0 Å². The van der Waals surface area contributed by atoms with E-state index in [1.807, 2.05) is 0 Å². The second-order valence-electron chi connectivity index (χ2n) is 7.09. The number of nitrogens with zero attached hydrogens (tertiary/aromatic N) is 4. The van der Waals surface area contributed by atoms with Gasteiger partial charge in [-0.05, 0) is 44.7 Å². The fraction of sp³-hybridized carbons (Fsp3) is 0.579. The van der Waals surface area contributed by atoms with E-state index < -0.39 is 0 Å². The Labute approximate surface area is 148 Å². The van der Waals surface area contributed by atoms with Crippen LogP contribution in [0.15, 0.2) is 30.3 Å². The topological polar surface area (TPSA) is 32.3 Å². The van der Waals surface area contributed by atoms with Gasteiger partial charge < -0.3 is 4.90 Å². The first-order chi connectivity index (χ1) is 11.8. The van der Waals surface area contributed by atoms with Gasteiger partial charge in [0.2, 0.25) is 5.13 Å². The van der Waals surface area contributed by atoms with Gasteiger partial charge in [-0.3, -0.25) is 4.90 Å². The lowest BCUT2D eigenvalue weighted by molar-refractivity contribution is 0.163. The molecule has 4 rings (SSSR count). The van der Waals surface area contributed by atoms with Crippen LogP contribution in [-0.2, 0) is 6.42 Å². The Morgan fingerprint density at radius 2 is 1.83 bits per heavy atom. The molecule has 1 aromatic carbocycles. The fourth-order valence-electron chi connectivity index (χ4n) is 4.10. The Morgan fingerprint density at radius 3 is 2.54 bits per heavy atom. The molecule has 24 heavy (non-hydrogen) atoms. The van der Waals surface area contributed by atoms with Crippen LogP contribution >= 0.6 is 11.3 Å². The van der Waals surface area contributed by atoms with Gasteiger partial charge in [-0.15, -0.1) is 10.2 Å². The second kappa shape index (κ2) is 7.19. The smallest absolute Gasteiger partial charge is 0.208 e. The first-order valence-corrected chi connectivity index (χ1v) is 9.98. The number of likely N-dealkylation sites (tertiary alicyclic amines) is 1. The molecule has 128 valence electrons. The van der Waals surface area contributed by atoms with Crippen molar-refractivity contribution in [3.63, 3.8) is 0 Å². The third-order valence-corrected chi connectivity index (χ3v) is 6.45. The third-order valence-electron chi connectivity index (χ3n) is 5.46. The number of aromatic nitrogens is 2. The van der Waals surface area contributed by atoms with Gasteiger partial charge in [-0.2, -0.15) is 0 Å². The maximum absolute atomic E-state index is 4.45. The standard InChI is InChI=1S/C19H26N4S/c1-15-6-5-11-23(15)17-9-12-22(13-10-17)19-21-20-18(24-19)14-16-7-3-2-4-8-16/h2-4,7-8,15,17H,5-6,9-14H2,1H3. The molecule has 2 saturated heterocycles. The number of hydrogen-bond donors (Lipinski definition) is 0. The summed E-state index contributed by atoms with van der Waals surface area (Å²) in [5, 5.41) is 11.1. The van der Waals surface area contributed by atoms with Gasteiger partial charge in [0.25, 0.3) is 0 Å². The van der Waals surface area contributed by atoms with E-state index in [0.29, 0.717) is 0 Å². The van der Waals surface area contributed by atoms with Crippen molar-refractivity contribution in [2.75, 3.05) is 24.5 Å². The van der Waals surface area contributed by atoms with E-state index in [2.05, 4.69) is 57.3 Å². The summed E-state index contributed by atoms with van der Waals surface area (Å²) in [6, 6.07) is 12.1. The molecule has 0 radical (unpaired) electrons. The molecule has 0 N–H and O–H groups in total. The van der Waals surface area contributed by atoms with E-state index >= 15 is 0 Å². The highest BCUT2D eigenvalue weighted by molar-refractivity contribution is 7.15. The van der Waals surface area contributed by atoms with Crippen LogP contribution in [0.2, 0.25) is 0 Å². The molecule has 3 heterocycles. The lowest BCUT2D eigenvalue weighted by atomic mass is 10.0. The van der Waals surface area contributed by atoms with Gasteiger partial charge >= 0.3 is 0 Å². The fourth-order valence-corrected chi connectivity index (χ4v) is 5.03. The molecule has 4 nitrogen and oxygen atoms in total. The number of piperidine rings is 1. The van der Waals surface area contributed by atoms with Crippen molar-refractivity contribution in [2.45, 2.75) is 51.1 Å². The minimum absolute atomic E-state index is 0.774. The summed E-state index contributed by atoms with van der Waals surface area (Å²) >= 11 is 1.76. The van der Waals surface area contributed by atoms with E-state index in [9.17, 15) is 0 Å². The molecule has 1 aromatic heterocycles. The molecule has 0 spiro atoms. The second-order valence-corrected chi connectivity index (χ2v) is 8.13. The van der Waals surface area contributed by atoms with E-state index in [-0.39, 0.29) is 0 Å². The van der Waals surface area contributed by atoms with Gasteiger partial charge in [0.05, 0.1) is 0 Å². The van der Waals surface area contributed by atoms with Gasteiger partial charge in [0, 0.05) is 31.6 Å². The van der Waals surface area contributed by atoms with Crippen molar-refractivity contribution < 1.29 is 0 Å². The lowest BCUT2D eigenvalue weighted by Gasteiger charge is -2.38. The zero-order valence-corrected chi connectivity index (χ0v) is 15.2. The summed E-state index contributed by atoms with van der Waals surface area (Å²) in [6.45, 7) is 5.92. The van der Waals surface area contributed by atoms with Crippen LogP contribution < -0.4 is 4.90 Å². The van der Waals surface area contributed by atoms with Crippen LogP contribution in [0.25, 0.3) is 0 Å². The van der Waals surface area contributed by atoms with E-state index in [1.54, 1.807) is 11.3 Å². The van der Waals surface area contributed by atoms with Crippen molar-refractivity contribution >= 4 is 16.5 Å². The van der Waals surface area contributed by atoms with Crippen LogP contribution in [0.3, 0.4) is 0 Å². The predicted molar refractivity (Wildman–Crippen MR) is 99.8 cm³/mol. The molecular weight excluding hydrogens is 316 g/mol. The van der Waals surface area contributed by atoms with E-state index in [0.717, 1.165) is 41.7 Å². The van der Waals surface area contributed by atoms with E-state index in [4.69, 9.17) is 0 Å². The Kier molecular flexibility index (Phi) is 4.81. The average molecular weight is 343 g/mol. The predicted octanol–water partition coefficient (Wildman–Crippen LogP) is 3.58.